The molecule has 1 N–H and O–H groups in total. The summed E-state index contributed by atoms with van der Waals surface area (Å²) in [6.07, 6.45) is 0.938. The van der Waals surface area contributed by atoms with Gasteiger partial charge in [-0.2, -0.15) is 5.10 Å². The van der Waals surface area contributed by atoms with E-state index in [1.54, 1.807) is 4.52 Å². The standard InChI is InChI=1S/C24H30N4O5/c1-14(2)12-20(24(31)32-5)26-21(29)13-33-22(30)11-10-17-15(3)25-23-18-8-6-7-9-19(18)27-28(23)16(17)4/h6-9,14,20H,10-13H2,1-5H3,(H,26,29). The van der Waals surface area contributed by atoms with E-state index in [2.05, 4.69) is 10.4 Å². The number of benzene rings is 1. The van der Waals surface area contributed by atoms with Gasteiger partial charge in [-0.25, -0.2) is 14.3 Å². The van der Waals surface area contributed by atoms with Crippen LogP contribution in [0.4, 0.5) is 0 Å². The Morgan fingerprint density at radius 2 is 1.88 bits per heavy atom. The van der Waals surface area contributed by atoms with Crippen molar-refractivity contribution in [3.8, 4) is 0 Å². The second-order valence-electron chi connectivity index (χ2n) is 8.45. The summed E-state index contributed by atoms with van der Waals surface area (Å²) in [6.45, 7) is 7.27. The van der Waals surface area contributed by atoms with Crippen LogP contribution in [0.15, 0.2) is 24.3 Å². The third kappa shape index (κ3) is 5.66. The molecule has 1 aromatic carbocycles. The molecule has 0 radical (unpaired) electrons. The molecule has 0 fully saturated rings. The van der Waals surface area contributed by atoms with E-state index >= 15 is 0 Å². The summed E-state index contributed by atoms with van der Waals surface area (Å²) in [6, 6.07) is 7.03. The lowest BCUT2D eigenvalue weighted by molar-refractivity contribution is -0.150. The lowest BCUT2D eigenvalue weighted by Gasteiger charge is -2.18. The van der Waals surface area contributed by atoms with Crippen LogP contribution in [0.2, 0.25) is 0 Å². The van der Waals surface area contributed by atoms with Crippen LogP contribution in [0.1, 0.15) is 43.6 Å². The van der Waals surface area contributed by atoms with E-state index in [-0.39, 0.29) is 12.3 Å². The number of nitrogens with one attached hydrogen (secondary N) is 1. The Labute approximate surface area is 192 Å². The highest BCUT2D eigenvalue weighted by Crippen LogP contribution is 2.23. The Bertz CT molecular complexity index is 1180. The number of methoxy groups -OCH3 is 1. The fourth-order valence-electron chi connectivity index (χ4n) is 3.85. The summed E-state index contributed by atoms with van der Waals surface area (Å²) in [7, 11) is 1.27. The molecule has 0 aliphatic carbocycles. The summed E-state index contributed by atoms with van der Waals surface area (Å²) in [5.74, 6) is -1.39. The number of fused-ring (bicyclic) bond motifs is 3. The fourth-order valence-corrected chi connectivity index (χ4v) is 3.85. The van der Waals surface area contributed by atoms with Gasteiger partial charge in [-0.1, -0.05) is 26.0 Å². The van der Waals surface area contributed by atoms with Crippen LogP contribution in [0.3, 0.4) is 0 Å². The molecular weight excluding hydrogens is 424 g/mol. The second-order valence-corrected chi connectivity index (χ2v) is 8.45. The highest BCUT2D eigenvalue weighted by Gasteiger charge is 2.23. The minimum atomic E-state index is -0.770. The molecule has 33 heavy (non-hydrogen) atoms. The number of ether oxygens (including phenoxy) is 2. The van der Waals surface area contributed by atoms with Crippen LogP contribution in [0.5, 0.6) is 0 Å². The van der Waals surface area contributed by atoms with E-state index in [9.17, 15) is 14.4 Å². The molecule has 9 nitrogen and oxygen atoms in total. The highest BCUT2D eigenvalue weighted by molar-refractivity contribution is 5.92. The number of rotatable bonds is 9. The minimum Gasteiger partial charge on any atom is -0.467 e. The first-order valence-corrected chi connectivity index (χ1v) is 11.0. The summed E-state index contributed by atoms with van der Waals surface area (Å²) < 4.78 is 11.6. The maximum Gasteiger partial charge on any atom is 0.328 e. The molecule has 3 aromatic rings. The molecule has 0 bridgehead atoms. The number of aryl methyl sites for hydroxylation is 2. The van der Waals surface area contributed by atoms with Crippen molar-refractivity contribution < 1.29 is 23.9 Å². The van der Waals surface area contributed by atoms with Gasteiger partial charge < -0.3 is 14.8 Å². The van der Waals surface area contributed by atoms with E-state index in [1.807, 2.05) is 52.0 Å². The van der Waals surface area contributed by atoms with Gasteiger partial charge in [-0.15, -0.1) is 0 Å². The van der Waals surface area contributed by atoms with Gasteiger partial charge in [0, 0.05) is 23.2 Å². The molecule has 2 heterocycles. The van der Waals surface area contributed by atoms with Crippen molar-refractivity contribution in [1.29, 1.82) is 0 Å². The summed E-state index contributed by atoms with van der Waals surface area (Å²) in [5, 5.41) is 8.16. The van der Waals surface area contributed by atoms with Crippen molar-refractivity contribution in [3.05, 3.63) is 41.2 Å². The van der Waals surface area contributed by atoms with Crippen LogP contribution >= 0.6 is 0 Å². The van der Waals surface area contributed by atoms with Gasteiger partial charge in [-0.05, 0) is 50.3 Å². The highest BCUT2D eigenvalue weighted by atomic mass is 16.5. The molecule has 0 spiro atoms. The monoisotopic (exact) mass is 454 g/mol. The van der Waals surface area contributed by atoms with Crippen molar-refractivity contribution in [2.75, 3.05) is 13.7 Å². The lowest BCUT2D eigenvalue weighted by Crippen LogP contribution is -2.44. The smallest absolute Gasteiger partial charge is 0.328 e. The number of esters is 2. The summed E-state index contributed by atoms with van der Waals surface area (Å²) >= 11 is 0. The zero-order valence-electron chi connectivity index (χ0n) is 19.7. The van der Waals surface area contributed by atoms with Crippen molar-refractivity contribution >= 4 is 34.4 Å². The van der Waals surface area contributed by atoms with E-state index in [0.717, 1.165) is 33.5 Å². The van der Waals surface area contributed by atoms with Gasteiger partial charge in [0.05, 0.1) is 12.6 Å². The zero-order valence-corrected chi connectivity index (χ0v) is 19.7. The third-order valence-corrected chi connectivity index (χ3v) is 5.49. The molecule has 0 saturated heterocycles. The predicted molar refractivity (Wildman–Crippen MR) is 123 cm³/mol. The van der Waals surface area contributed by atoms with Crippen molar-refractivity contribution in [2.24, 2.45) is 5.92 Å². The first-order chi connectivity index (χ1) is 15.7. The predicted octanol–water partition coefficient (Wildman–Crippen LogP) is 2.68. The van der Waals surface area contributed by atoms with Gasteiger partial charge >= 0.3 is 11.9 Å². The molecule has 0 aliphatic rings. The largest absolute Gasteiger partial charge is 0.467 e. The maximum atomic E-state index is 12.3. The van der Waals surface area contributed by atoms with Crippen LogP contribution in [-0.2, 0) is 30.3 Å². The topological polar surface area (TPSA) is 112 Å². The number of hydrogen-bond acceptors (Lipinski definition) is 7. The van der Waals surface area contributed by atoms with Crippen molar-refractivity contribution in [2.45, 2.75) is 53.0 Å². The Balaban J connectivity index is 1.60. The average Bonchev–Trinajstić information content (AvgIpc) is 3.15. The molecule has 0 saturated carbocycles. The molecule has 0 aliphatic heterocycles. The molecule has 2 aromatic heterocycles. The number of amides is 1. The van der Waals surface area contributed by atoms with Gasteiger partial charge in [0.2, 0.25) is 0 Å². The first kappa shape index (κ1) is 24.2. The summed E-state index contributed by atoms with van der Waals surface area (Å²) in [5.41, 5.74) is 4.29. The Morgan fingerprint density at radius 3 is 2.58 bits per heavy atom. The molecule has 9 heteroatoms. The van der Waals surface area contributed by atoms with Crippen LogP contribution < -0.4 is 5.32 Å². The molecule has 1 amide bonds. The zero-order chi connectivity index (χ0) is 24.1. The number of aromatic nitrogens is 3. The Kier molecular flexibility index (Phi) is 7.63. The number of carbonyl (C=O) groups excluding carboxylic acids is 3. The molecular formula is C24H30N4O5. The van der Waals surface area contributed by atoms with Gasteiger partial charge in [0.1, 0.15) is 6.04 Å². The van der Waals surface area contributed by atoms with Gasteiger partial charge in [0.15, 0.2) is 12.3 Å². The van der Waals surface area contributed by atoms with E-state index in [0.29, 0.717) is 12.8 Å². The average molecular weight is 455 g/mol. The van der Waals surface area contributed by atoms with Crippen molar-refractivity contribution in [1.82, 2.24) is 19.9 Å². The van der Waals surface area contributed by atoms with E-state index in [4.69, 9.17) is 14.5 Å². The minimum absolute atomic E-state index is 0.0926. The quantitative estimate of drug-likeness (QED) is 0.495. The van der Waals surface area contributed by atoms with Crippen LogP contribution in [0.25, 0.3) is 16.6 Å². The van der Waals surface area contributed by atoms with E-state index < -0.39 is 30.5 Å². The van der Waals surface area contributed by atoms with Crippen LogP contribution in [0, 0.1) is 19.8 Å². The Hall–Kier alpha value is -3.49. The number of carbonyl (C=O) groups is 3. The second kappa shape index (κ2) is 10.4. The molecule has 176 valence electrons. The number of nitrogens with zero attached hydrogens (tertiary/aromatic N) is 3. The van der Waals surface area contributed by atoms with Gasteiger partial charge in [-0.3, -0.25) is 9.59 Å². The lowest BCUT2D eigenvalue weighted by atomic mass is 10.0. The molecule has 1 atom stereocenters. The maximum absolute atomic E-state index is 12.3. The third-order valence-electron chi connectivity index (χ3n) is 5.49. The van der Waals surface area contributed by atoms with E-state index in [1.165, 1.54) is 7.11 Å². The normalized spacial score (nSPS) is 12.2. The molecule has 1 unspecified atom stereocenters. The molecule has 3 rings (SSSR count). The van der Waals surface area contributed by atoms with Gasteiger partial charge in [0.25, 0.3) is 5.91 Å². The fraction of sp³-hybridized carbons (Fsp3) is 0.458. The van der Waals surface area contributed by atoms with Crippen LogP contribution in [-0.4, -0.2) is 52.2 Å². The summed E-state index contributed by atoms with van der Waals surface area (Å²) in [4.78, 5) is 41.0. The first-order valence-electron chi connectivity index (χ1n) is 11.0. The van der Waals surface area contributed by atoms with Crippen molar-refractivity contribution in [3.63, 3.8) is 0 Å². The Morgan fingerprint density at radius 1 is 1.15 bits per heavy atom. The SMILES string of the molecule is COC(=O)C(CC(C)C)NC(=O)COC(=O)CCc1c(C)nc2c3ccccc3nn2c1C. The number of hydrogen-bond donors (Lipinski definition) is 1.